The Morgan fingerprint density at radius 2 is 1.80 bits per heavy atom. The van der Waals surface area contributed by atoms with E-state index >= 15 is 0 Å². The van der Waals surface area contributed by atoms with Crippen molar-refractivity contribution < 1.29 is 35.3 Å². The third-order valence-corrected chi connectivity index (χ3v) is 7.06. The maximum absolute atomic E-state index is 13.2. The average molecular weight is 397 g/mol. The molecule has 0 radical (unpaired) electrons. The molecule has 25 heavy (non-hydrogen) atoms. The molecule has 0 aromatic carbocycles. The molecule has 0 aromatic heterocycles. The van der Waals surface area contributed by atoms with Gasteiger partial charge >= 0.3 is 0 Å². The lowest BCUT2D eigenvalue weighted by molar-refractivity contribution is -0.263. The first kappa shape index (κ1) is 19.0. The molecule has 2 aliphatic heterocycles. The number of hydrogen-bond acceptors (Lipinski definition) is 8. The van der Waals surface area contributed by atoms with Crippen molar-refractivity contribution >= 4 is 26.0 Å². The molecule has 11 heteroatoms. The summed E-state index contributed by atoms with van der Waals surface area (Å²) in [6.07, 6.45) is 2.78. The third kappa shape index (κ3) is 2.99. The minimum Gasteiger partial charge on any atom is -0.347 e. The number of hydrogen-bond donors (Lipinski definition) is 0. The molecule has 3 fully saturated rings. The average Bonchev–Trinajstić information content (AvgIpc) is 2.93. The van der Waals surface area contributed by atoms with Gasteiger partial charge in [-0.15, -0.1) is 0 Å². The Balaban J connectivity index is 2.16. The quantitative estimate of drug-likeness (QED) is 0.600. The Bertz CT molecular complexity index is 771. The van der Waals surface area contributed by atoms with E-state index in [-0.39, 0.29) is 12.8 Å². The van der Waals surface area contributed by atoms with Gasteiger partial charge in [0.1, 0.15) is 0 Å². The first-order valence-corrected chi connectivity index (χ1v) is 11.8. The fourth-order valence-corrected chi connectivity index (χ4v) is 6.46. The van der Waals surface area contributed by atoms with E-state index in [1.165, 1.54) is 0 Å². The number of amides is 1. The molecule has 1 saturated carbocycles. The van der Waals surface area contributed by atoms with E-state index < -0.39 is 49.4 Å². The number of rotatable bonds is 4. The highest BCUT2D eigenvalue weighted by Crippen LogP contribution is 2.53. The van der Waals surface area contributed by atoms with Crippen LogP contribution in [0, 0.1) is 5.92 Å². The second kappa shape index (κ2) is 5.88. The van der Waals surface area contributed by atoms with Crippen molar-refractivity contribution in [3.63, 3.8) is 0 Å². The van der Waals surface area contributed by atoms with E-state index in [0.29, 0.717) is 26.1 Å². The van der Waals surface area contributed by atoms with Gasteiger partial charge in [-0.3, -0.25) is 8.98 Å². The Morgan fingerprint density at radius 3 is 2.28 bits per heavy atom. The molecule has 2 bridgehead atoms. The fourth-order valence-electron chi connectivity index (χ4n) is 4.43. The predicted molar refractivity (Wildman–Crippen MR) is 86.4 cm³/mol. The molecule has 0 aromatic rings. The third-order valence-electron chi connectivity index (χ3n) is 5.28. The molecule has 1 spiro atoms. The van der Waals surface area contributed by atoms with Gasteiger partial charge in [0, 0.05) is 12.5 Å². The first-order chi connectivity index (χ1) is 11.5. The highest BCUT2D eigenvalue weighted by molar-refractivity contribution is 7.89. The highest BCUT2D eigenvalue weighted by atomic mass is 32.2. The summed E-state index contributed by atoms with van der Waals surface area (Å²) in [5.74, 6) is -2.68. The normalized spacial score (nSPS) is 35.3. The van der Waals surface area contributed by atoms with Crippen molar-refractivity contribution in [2.75, 3.05) is 25.7 Å². The molecule has 1 amide bonds. The van der Waals surface area contributed by atoms with Gasteiger partial charge in [-0.25, -0.2) is 12.7 Å². The van der Waals surface area contributed by atoms with E-state index in [0.717, 1.165) is 16.8 Å². The van der Waals surface area contributed by atoms with Crippen LogP contribution in [-0.2, 0) is 38.6 Å². The Labute approximate surface area is 147 Å². The minimum atomic E-state index is -4.03. The summed E-state index contributed by atoms with van der Waals surface area (Å²) >= 11 is 0. The van der Waals surface area contributed by atoms with Crippen LogP contribution in [0.4, 0.5) is 0 Å². The van der Waals surface area contributed by atoms with Crippen LogP contribution in [0.3, 0.4) is 0 Å². The molecule has 0 N–H and O–H groups in total. The lowest BCUT2D eigenvalue weighted by Crippen LogP contribution is -2.71. The molecule has 0 unspecified atom stereocenters. The topological polar surface area (TPSA) is 116 Å². The highest BCUT2D eigenvalue weighted by Gasteiger charge is 2.67. The lowest BCUT2D eigenvalue weighted by atomic mass is 9.66. The van der Waals surface area contributed by atoms with Crippen molar-refractivity contribution in [1.29, 1.82) is 0 Å². The van der Waals surface area contributed by atoms with Crippen molar-refractivity contribution in [3.8, 4) is 0 Å². The van der Waals surface area contributed by atoms with Crippen LogP contribution in [0.5, 0.6) is 0 Å². The number of sulfonamides is 1. The van der Waals surface area contributed by atoms with Crippen LogP contribution in [-0.4, -0.2) is 70.2 Å². The van der Waals surface area contributed by atoms with E-state index in [9.17, 15) is 21.6 Å². The number of nitrogens with zero attached hydrogens (tertiary/aromatic N) is 1. The molecule has 9 nitrogen and oxygen atoms in total. The van der Waals surface area contributed by atoms with Crippen LogP contribution in [0.25, 0.3) is 0 Å². The molecule has 1 aliphatic carbocycles. The van der Waals surface area contributed by atoms with E-state index in [1.807, 2.05) is 0 Å². The number of ether oxygens (including phenoxy) is 2. The smallest absolute Gasteiger partial charge is 0.270 e. The summed E-state index contributed by atoms with van der Waals surface area (Å²) < 4.78 is 65.9. The molecule has 2 heterocycles. The van der Waals surface area contributed by atoms with Gasteiger partial charge in [-0.2, -0.15) is 8.42 Å². The van der Waals surface area contributed by atoms with Crippen molar-refractivity contribution in [2.45, 2.75) is 50.0 Å². The van der Waals surface area contributed by atoms with Gasteiger partial charge in [0.2, 0.25) is 10.0 Å². The van der Waals surface area contributed by atoms with Crippen LogP contribution in [0.2, 0.25) is 0 Å². The van der Waals surface area contributed by atoms with Gasteiger partial charge in [0.25, 0.3) is 16.0 Å². The number of piperidine rings is 1. The Kier molecular flexibility index (Phi) is 4.47. The van der Waals surface area contributed by atoms with Crippen molar-refractivity contribution in [1.82, 2.24) is 4.31 Å². The van der Waals surface area contributed by atoms with E-state index in [2.05, 4.69) is 0 Å². The molecule has 2 saturated heterocycles. The summed E-state index contributed by atoms with van der Waals surface area (Å²) in [6, 6.07) is -0.547. The zero-order valence-electron chi connectivity index (χ0n) is 14.4. The summed E-state index contributed by atoms with van der Waals surface area (Å²) in [7, 11) is -7.90. The van der Waals surface area contributed by atoms with Crippen molar-refractivity contribution in [3.05, 3.63) is 0 Å². The standard InChI is InChI=1S/C14H23NO8S2/c1-4-13(23-25(3,19)20)11-9-10(15(12(13)16)24(2,17)18)5-6-14(11)21-7-8-22-14/h10-11H,4-9H2,1-3H3/t10-,11+,13+/m1/s1. The number of carbonyl (C=O) groups is 1. The number of carbonyl (C=O) groups excluding carboxylic acids is 1. The van der Waals surface area contributed by atoms with Crippen LogP contribution in [0.1, 0.15) is 32.6 Å². The van der Waals surface area contributed by atoms with E-state index in [4.69, 9.17) is 13.7 Å². The first-order valence-electron chi connectivity index (χ1n) is 8.17. The second-order valence-electron chi connectivity index (χ2n) is 6.88. The summed E-state index contributed by atoms with van der Waals surface area (Å²) in [6.45, 7) is 2.27. The molecule has 144 valence electrons. The summed E-state index contributed by atoms with van der Waals surface area (Å²) in [5.41, 5.74) is -1.86. The molecular weight excluding hydrogens is 374 g/mol. The van der Waals surface area contributed by atoms with Crippen molar-refractivity contribution in [2.24, 2.45) is 5.92 Å². The van der Waals surface area contributed by atoms with Crippen LogP contribution < -0.4 is 0 Å². The Morgan fingerprint density at radius 1 is 1.20 bits per heavy atom. The SMILES string of the molecule is CC[C@@]1(OS(C)(=O)=O)C(=O)N(S(C)(=O)=O)[C@@H]2CCC3(OCCO3)[C@H]1C2. The summed E-state index contributed by atoms with van der Waals surface area (Å²) in [4.78, 5) is 13.2. The van der Waals surface area contributed by atoms with Gasteiger partial charge in [-0.05, 0) is 19.3 Å². The van der Waals surface area contributed by atoms with E-state index in [1.54, 1.807) is 6.92 Å². The lowest BCUT2D eigenvalue weighted by Gasteiger charge is -2.56. The molecule has 3 aliphatic rings. The van der Waals surface area contributed by atoms with Gasteiger partial charge in [0.05, 0.1) is 31.6 Å². The van der Waals surface area contributed by atoms with Gasteiger partial charge in [0.15, 0.2) is 11.4 Å². The second-order valence-corrected chi connectivity index (χ2v) is 10.3. The van der Waals surface area contributed by atoms with Crippen LogP contribution in [0.15, 0.2) is 0 Å². The number of fused-ring (bicyclic) bond motifs is 3. The predicted octanol–water partition coefficient (Wildman–Crippen LogP) is -0.175. The monoisotopic (exact) mass is 397 g/mol. The molecule has 3 rings (SSSR count). The largest absolute Gasteiger partial charge is 0.347 e. The Hall–Kier alpha value is -0.750. The zero-order valence-corrected chi connectivity index (χ0v) is 16.1. The summed E-state index contributed by atoms with van der Waals surface area (Å²) in [5, 5.41) is 0. The maximum atomic E-state index is 13.2. The molecular formula is C14H23NO8S2. The minimum absolute atomic E-state index is 0.0171. The zero-order chi connectivity index (χ0) is 18.7. The molecule has 3 atom stereocenters. The van der Waals surface area contributed by atoms with Gasteiger partial charge in [-0.1, -0.05) is 6.92 Å². The maximum Gasteiger partial charge on any atom is 0.270 e. The fraction of sp³-hybridized carbons (Fsp3) is 0.929. The van der Waals surface area contributed by atoms with Gasteiger partial charge < -0.3 is 9.47 Å². The van der Waals surface area contributed by atoms with Crippen LogP contribution >= 0.6 is 0 Å².